The summed E-state index contributed by atoms with van der Waals surface area (Å²) in [6, 6.07) is 55.1. The quantitative estimate of drug-likeness (QED) is 0.204. The predicted molar refractivity (Wildman–Crippen MR) is 183 cm³/mol. The number of para-hydroxylation sites is 1. The Kier molecular flexibility index (Phi) is 6.55. The Morgan fingerprint density at radius 1 is 0.349 bits per heavy atom. The van der Waals surface area contributed by atoms with Crippen LogP contribution in [0, 0.1) is 0 Å². The maximum Gasteiger partial charge on any atom is 0.0467 e. The van der Waals surface area contributed by atoms with Crippen LogP contribution in [0.3, 0.4) is 0 Å². The molecule has 0 aromatic heterocycles. The summed E-state index contributed by atoms with van der Waals surface area (Å²) in [5, 5.41) is 0. The molecule has 0 heterocycles. The first-order valence-electron chi connectivity index (χ1n) is 15.2. The molecule has 0 N–H and O–H groups in total. The van der Waals surface area contributed by atoms with Gasteiger partial charge in [0.15, 0.2) is 0 Å². The number of hydrogen-bond acceptors (Lipinski definition) is 1. The van der Waals surface area contributed by atoms with Gasteiger partial charge in [0, 0.05) is 17.1 Å². The van der Waals surface area contributed by atoms with Gasteiger partial charge in [-0.3, -0.25) is 0 Å². The highest BCUT2D eigenvalue weighted by Gasteiger charge is 2.45. The molecule has 0 saturated carbocycles. The van der Waals surface area contributed by atoms with E-state index in [1.54, 1.807) is 0 Å². The van der Waals surface area contributed by atoms with E-state index in [0.717, 1.165) is 11.4 Å². The van der Waals surface area contributed by atoms with Crippen LogP contribution >= 0.6 is 0 Å². The Hall–Kier alpha value is -4.88. The summed E-state index contributed by atoms with van der Waals surface area (Å²) in [7, 11) is 0. The van der Waals surface area contributed by atoms with Crippen molar-refractivity contribution in [3.8, 4) is 33.4 Å². The molecular weight excluding hydrogens is 518 g/mol. The van der Waals surface area contributed by atoms with Crippen LogP contribution in [0.25, 0.3) is 33.4 Å². The molecule has 6 aromatic rings. The second-order valence-corrected chi connectivity index (χ2v) is 12.7. The minimum atomic E-state index is -0.0581. The van der Waals surface area contributed by atoms with E-state index in [-0.39, 0.29) is 10.8 Å². The van der Waals surface area contributed by atoms with Crippen molar-refractivity contribution < 1.29 is 0 Å². The summed E-state index contributed by atoms with van der Waals surface area (Å²) in [6.07, 6.45) is 0. The molecule has 210 valence electrons. The van der Waals surface area contributed by atoms with Crippen molar-refractivity contribution in [2.75, 3.05) is 4.90 Å². The lowest BCUT2D eigenvalue weighted by Gasteiger charge is -2.48. The molecule has 0 amide bonds. The van der Waals surface area contributed by atoms with E-state index in [1.807, 2.05) is 0 Å². The van der Waals surface area contributed by atoms with Crippen LogP contribution in [0.5, 0.6) is 0 Å². The number of hydrogen-bond donors (Lipinski definition) is 0. The zero-order chi connectivity index (χ0) is 29.6. The number of fused-ring (bicyclic) bond motifs is 3. The topological polar surface area (TPSA) is 3.24 Å². The lowest BCUT2D eigenvalue weighted by atomic mass is 9.55. The third-order valence-corrected chi connectivity index (χ3v) is 9.83. The smallest absolute Gasteiger partial charge is 0.0467 e. The van der Waals surface area contributed by atoms with Gasteiger partial charge in [0.25, 0.3) is 0 Å². The highest BCUT2D eigenvalue weighted by atomic mass is 15.1. The monoisotopic (exact) mass is 555 g/mol. The second-order valence-electron chi connectivity index (χ2n) is 12.7. The lowest BCUT2D eigenvalue weighted by Crippen LogP contribution is -2.43. The van der Waals surface area contributed by atoms with Gasteiger partial charge >= 0.3 is 0 Å². The molecule has 0 radical (unpaired) electrons. The van der Waals surface area contributed by atoms with Crippen molar-refractivity contribution in [3.63, 3.8) is 0 Å². The molecule has 0 saturated heterocycles. The third-order valence-electron chi connectivity index (χ3n) is 9.83. The lowest BCUT2D eigenvalue weighted by molar-refractivity contribution is 0.299. The van der Waals surface area contributed by atoms with Gasteiger partial charge in [-0.05, 0) is 91.7 Å². The minimum Gasteiger partial charge on any atom is -0.310 e. The van der Waals surface area contributed by atoms with Gasteiger partial charge in [-0.25, -0.2) is 0 Å². The van der Waals surface area contributed by atoms with Gasteiger partial charge in [-0.2, -0.15) is 0 Å². The maximum atomic E-state index is 2.43. The normalized spacial score (nSPS) is 14.4. The third kappa shape index (κ3) is 4.57. The average molecular weight is 556 g/mol. The van der Waals surface area contributed by atoms with Crippen LogP contribution in [0.4, 0.5) is 17.1 Å². The fraction of sp³-hybridized carbons (Fsp3) is 0.143. The first-order valence-corrected chi connectivity index (χ1v) is 15.2. The van der Waals surface area contributed by atoms with Gasteiger partial charge in [0.05, 0.1) is 0 Å². The van der Waals surface area contributed by atoms with Crippen molar-refractivity contribution >= 4 is 17.1 Å². The van der Waals surface area contributed by atoms with Crippen LogP contribution in [0.1, 0.15) is 38.8 Å². The van der Waals surface area contributed by atoms with E-state index < -0.39 is 0 Å². The molecule has 0 unspecified atom stereocenters. The summed E-state index contributed by atoms with van der Waals surface area (Å²) < 4.78 is 0. The van der Waals surface area contributed by atoms with E-state index in [9.17, 15) is 0 Å². The molecule has 0 fully saturated rings. The van der Waals surface area contributed by atoms with Crippen molar-refractivity contribution in [2.45, 2.75) is 38.5 Å². The Morgan fingerprint density at radius 2 is 0.837 bits per heavy atom. The maximum absolute atomic E-state index is 2.43. The SMILES string of the molecule is CC1(C)c2ccccc2-c2ccc(N(c3ccccc3)c3cccc(-c4ccc(-c5ccccc5)cc4)c3)cc2C1(C)C. The molecule has 7 rings (SSSR count). The van der Waals surface area contributed by atoms with Gasteiger partial charge in [-0.15, -0.1) is 0 Å². The second kappa shape index (κ2) is 10.4. The Bertz CT molecular complexity index is 1900. The molecule has 0 aliphatic heterocycles. The fourth-order valence-electron chi connectivity index (χ4n) is 6.69. The molecule has 0 bridgehead atoms. The van der Waals surface area contributed by atoms with Crippen LogP contribution < -0.4 is 4.90 Å². The van der Waals surface area contributed by atoms with Crippen LogP contribution in [0.2, 0.25) is 0 Å². The highest BCUT2D eigenvalue weighted by Crippen LogP contribution is 2.54. The molecule has 0 spiro atoms. The van der Waals surface area contributed by atoms with Crippen LogP contribution in [-0.4, -0.2) is 0 Å². The fourth-order valence-corrected chi connectivity index (χ4v) is 6.69. The van der Waals surface area contributed by atoms with E-state index in [2.05, 4.69) is 184 Å². The van der Waals surface area contributed by atoms with Gasteiger partial charge < -0.3 is 4.90 Å². The Labute approximate surface area is 256 Å². The van der Waals surface area contributed by atoms with Crippen molar-refractivity contribution in [2.24, 2.45) is 0 Å². The molecule has 1 nitrogen and oxygen atoms in total. The molecule has 6 aromatic carbocycles. The molecule has 0 atom stereocenters. The molecule has 43 heavy (non-hydrogen) atoms. The molecule has 1 aliphatic carbocycles. The summed E-state index contributed by atoms with van der Waals surface area (Å²) in [5.74, 6) is 0. The van der Waals surface area contributed by atoms with Crippen LogP contribution in [0.15, 0.2) is 152 Å². The number of nitrogens with zero attached hydrogens (tertiary/aromatic N) is 1. The van der Waals surface area contributed by atoms with Crippen molar-refractivity contribution in [1.82, 2.24) is 0 Å². The van der Waals surface area contributed by atoms with Gasteiger partial charge in [0.1, 0.15) is 0 Å². The van der Waals surface area contributed by atoms with E-state index in [0.29, 0.717) is 0 Å². The van der Waals surface area contributed by atoms with E-state index >= 15 is 0 Å². The standard InChI is InChI=1S/C42H37N/c1-41(2)39-21-12-11-20-37(39)38-27-26-36(29-40(38)42(41,3)4)43(34-17-9-6-10-18-34)35-19-13-16-33(28-35)32-24-22-31(23-25-32)30-14-7-5-8-15-30/h5-29H,1-4H3. The summed E-state index contributed by atoms with van der Waals surface area (Å²) >= 11 is 0. The zero-order valence-electron chi connectivity index (χ0n) is 25.4. The number of rotatable bonds is 5. The number of benzene rings is 6. The number of anilines is 3. The summed E-state index contributed by atoms with van der Waals surface area (Å²) in [4.78, 5) is 2.39. The molecule has 1 aliphatic rings. The van der Waals surface area contributed by atoms with Gasteiger partial charge in [0.2, 0.25) is 0 Å². The Morgan fingerprint density at radius 3 is 1.56 bits per heavy atom. The van der Waals surface area contributed by atoms with E-state index in [1.165, 1.54) is 50.2 Å². The van der Waals surface area contributed by atoms with Crippen molar-refractivity contribution in [1.29, 1.82) is 0 Å². The van der Waals surface area contributed by atoms with Gasteiger partial charge in [-0.1, -0.05) is 143 Å². The zero-order valence-corrected chi connectivity index (χ0v) is 25.4. The Balaban J connectivity index is 1.34. The van der Waals surface area contributed by atoms with Crippen molar-refractivity contribution in [3.05, 3.63) is 163 Å². The minimum absolute atomic E-state index is 0.0153. The summed E-state index contributed by atoms with van der Waals surface area (Å²) in [6.45, 7) is 9.59. The molecular formula is C42H37N. The highest BCUT2D eigenvalue weighted by molar-refractivity contribution is 5.85. The summed E-state index contributed by atoms with van der Waals surface area (Å²) in [5.41, 5.74) is 13.8. The first kappa shape index (κ1) is 27.0. The van der Waals surface area contributed by atoms with E-state index in [4.69, 9.17) is 0 Å². The average Bonchev–Trinajstić information content (AvgIpc) is 3.05. The molecule has 1 heteroatoms. The predicted octanol–water partition coefficient (Wildman–Crippen LogP) is 11.7. The first-order chi connectivity index (χ1) is 20.8. The largest absolute Gasteiger partial charge is 0.310 e. The van der Waals surface area contributed by atoms with Crippen LogP contribution in [-0.2, 0) is 10.8 Å².